The van der Waals surface area contributed by atoms with Crippen LogP contribution in [0.3, 0.4) is 0 Å². The van der Waals surface area contributed by atoms with Crippen LogP contribution in [-0.2, 0) is 29.2 Å². The standard InChI is InChI=1S/C27H54NO4.CH4O3S/c1-6-8-10-12-13-14-15-16-17-19-21-26(29)32-25(24-28(3,4)5)23-27(30)31-22-20-18-11-9-7-2;1-5(2,3)4/h25H,6-24H2,1-5H3;1H3,(H,2,3,4)/q+1;/p-1/t25-;/m1./s1. The minimum Gasteiger partial charge on any atom is -0.748 e. The summed E-state index contributed by atoms with van der Waals surface area (Å²) in [5.74, 6) is -0.443. The summed E-state index contributed by atoms with van der Waals surface area (Å²) in [5, 5.41) is 0. The fourth-order valence-electron chi connectivity index (χ4n) is 3.89. The average Bonchev–Trinajstić information content (AvgIpc) is 2.75. The van der Waals surface area contributed by atoms with Gasteiger partial charge in [-0.3, -0.25) is 9.59 Å². The number of likely N-dealkylation sites (N-methyl/N-ethyl adjacent to an activating group) is 1. The molecule has 0 saturated carbocycles. The van der Waals surface area contributed by atoms with Gasteiger partial charge in [-0.2, -0.15) is 0 Å². The quantitative estimate of drug-likeness (QED) is 0.0704. The van der Waals surface area contributed by atoms with E-state index in [1.807, 2.05) is 21.1 Å². The zero-order valence-electron chi connectivity index (χ0n) is 24.7. The highest BCUT2D eigenvalue weighted by Gasteiger charge is 2.25. The number of hydrogen-bond donors (Lipinski definition) is 0. The number of quaternary nitrogens is 1. The van der Waals surface area contributed by atoms with Crippen molar-refractivity contribution in [2.24, 2.45) is 0 Å². The molecular formula is C28H57NO7S. The lowest BCUT2D eigenvalue weighted by molar-refractivity contribution is -0.873. The fraction of sp³-hybridized carbons (Fsp3) is 0.929. The second kappa shape index (κ2) is 23.9. The summed E-state index contributed by atoms with van der Waals surface area (Å²) in [6, 6.07) is 0. The van der Waals surface area contributed by atoms with Crippen molar-refractivity contribution in [1.82, 2.24) is 0 Å². The summed E-state index contributed by atoms with van der Waals surface area (Å²) >= 11 is 0. The summed E-state index contributed by atoms with van der Waals surface area (Å²) < 4.78 is 38.9. The van der Waals surface area contributed by atoms with Crippen molar-refractivity contribution in [3.8, 4) is 0 Å². The van der Waals surface area contributed by atoms with E-state index >= 15 is 0 Å². The van der Waals surface area contributed by atoms with Gasteiger partial charge < -0.3 is 18.5 Å². The largest absolute Gasteiger partial charge is 0.748 e. The molecule has 9 heteroatoms. The Morgan fingerprint density at radius 3 is 1.57 bits per heavy atom. The number of hydrogen-bond acceptors (Lipinski definition) is 7. The van der Waals surface area contributed by atoms with Crippen molar-refractivity contribution in [1.29, 1.82) is 0 Å². The highest BCUT2D eigenvalue weighted by atomic mass is 32.2. The molecule has 0 fully saturated rings. The maximum Gasteiger partial charge on any atom is 0.309 e. The molecule has 0 heterocycles. The molecule has 0 aliphatic heterocycles. The first kappa shape index (κ1) is 38.0. The molecular weight excluding hydrogens is 494 g/mol. The molecule has 0 amide bonds. The maximum atomic E-state index is 12.3. The van der Waals surface area contributed by atoms with Crippen molar-refractivity contribution < 1.29 is 36.5 Å². The predicted octanol–water partition coefficient (Wildman–Crippen LogP) is 5.98. The van der Waals surface area contributed by atoms with Crippen LogP contribution in [0.2, 0.25) is 0 Å². The van der Waals surface area contributed by atoms with Crippen molar-refractivity contribution in [2.75, 3.05) is 40.6 Å². The van der Waals surface area contributed by atoms with Gasteiger partial charge in [0.05, 0.1) is 44.3 Å². The lowest BCUT2D eigenvalue weighted by Gasteiger charge is -2.28. The maximum absolute atomic E-state index is 12.3. The lowest BCUT2D eigenvalue weighted by atomic mass is 10.1. The van der Waals surface area contributed by atoms with Gasteiger partial charge in [0.2, 0.25) is 0 Å². The smallest absolute Gasteiger partial charge is 0.309 e. The van der Waals surface area contributed by atoms with E-state index in [-0.39, 0.29) is 18.4 Å². The Morgan fingerprint density at radius 2 is 1.14 bits per heavy atom. The van der Waals surface area contributed by atoms with E-state index in [0.29, 0.717) is 30.3 Å². The van der Waals surface area contributed by atoms with Gasteiger partial charge in [-0.25, -0.2) is 8.42 Å². The van der Waals surface area contributed by atoms with E-state index in [2.05, 4.69) is 13.8 Å². The Bertz CT molecular complexity index is 652. The Labute approximate surface area is 228 Å². The van der Waals surface area contributed by atoms with Crippen molar-refractivity contribution in [3.63, 3.8) is 0 Å². The monoisotopic (exact) mass is 551 g/mol. The molecule has 0 aromatic carbocycles. The predicted molar refractivity (Wildman–Crippen MR) is 149 cm³/mol. The molecule has 0 spiro atoms. The topological polar surface area (TPSA) is 110 Å². The second-order valence-electron chi connectivity index (χ2n) is 11.1. The molecule has 37 heavy (non-hydrogen) atoms. The van der Waals surface area contributed by atoms with Gasteiger partial charge in [-0.05, 0) is 12.8 Å². The molecule has 222 valence electrons. The SMILES string of the molecule is CCCCCCCCCCCCC(=O)O[C@H](CC(=O)OCCCCCCC)C[N+](C)(C)C.CS(=O)(=O)[O-]. The average molecular weight is 552 g/mol. The summed E-state index contributed by atoms with van der Waals surface area (Å²) in [6.07, 6.45) is 18.8. The van der Waals surface area contributed by atoms with Crippen LogP contribution in [-0.4, -0.2) is 76.0 Å². The first-order valence-electron chi connectivity index (χ1n) is 14.3. The minimum atomic E-state index is -3.92. The Balaban J connectivity index is 0. The van der Waals surface area contributed by atoms with Crippen LogP contribution in [0, 0.1) is 0 Å². The first-order valence-corrected chi connectivity index (χ1v) is 16.2. The molecule has 0 unspecified atom stereocenters. The number of nitrogens with zero attached hydrogens (tertiary/aromatic N) is 1. The molecule has 0 saturated heterocycles. The van der Waals surface area contributed by atoms with Crippen LogP contribution in [0.1, 0.15) is 123 Å². The van der Waals surface area contributed by atoms with E-state index in [0.717, 1.165) is 25.7 Å². The van der Waals surface area contributed by atoms with E-state index < -0.39 is 16.2 Å². The van der Waals surface area contributed by atoms with Crippen molar-refractivity contribution in [3.05, 3.63) is 0 Å². The number of unbranched alkanes of at least 4 members (excludes halogenated alkanes) is 13. The molecule has 0 bridgehead atoms. The molecule has 0 rings (SSSR count). The zero-order valence-corrected chi connectivity index (χ0v) is 25.5. The summed E-state index contributed by atoms with van der Waals surface area (Å²) in [4.78, 5) is 24.6. The van der Waals surface area contributed by atoms with Gasteiger partial charge in [-0.1, -0.05) is 97.3 Å². The van der Waals surface area contributed by atoms with Crippen LogP contribution < -0.4 is 0 Å². The van der Waals surface area contributed by atoms with Crippen LogP contribution in [0.5, 0.6) is 0 Å². The number of esters is 2. The third-order valence-corrected chi connectivity index (χ3v) is 5.69. The Hall–Kier alpha value is -1.19. The molecule has 1 atom stereocenters. The second-order valence-corrected chi connectivity index (χ2v) is 12.5. The molecule has 0 aromatic heterocycles. The van der Waals surface area contributed by atoms with Crippen molar-refractivity contribution >= 4 is 22.1 Å². The highest BCUT2D eigenvalue weighted by molar-refractivity contribution is 7.84. The van der Waals surface area contributed by atoms with Gasteiger partial charge >= 0.3 is 11.9 Å². The first-order chi connectivity index (χ1) is 17.3. The molecule has 0 aliphatic rings. The molecule has 0 aromatic rings. The Kier molecular flexibility index (Phi) is 24.5. The van der Waals surface area contributed by atoms with Gasteiger partial charge in [0, 0.05) is 12.7 Å². The number of carbonyl (C=O) groups excluding carboxylic acids is 2. The zero-order chi connectivity index (χ0) is 28.6. The third-order valence-electron chi connectivity index (χ3n) is 5.69. The van der Waals surface area contributed by atoms with E-state index in [1.54, 1.807) is 0 Å². The van der Waals surface area contributed by atoms with Gasteiger partial charge in [-0.15, -0.1) is 0 Å². The molecule has 0 radical (unpaired) electrons. The number of ether oxygens (including phenoxy) is 2. The third kappa shape index (κ3) is 37.0. The summed E-state index contributed by atoms with van der Waals surface area (Å²) in [7, 11) is 2.21. The Morgan fingerprint density at radius 1 is 0.730 bits per heavy atom. The number of rotatable bonds is 22. The molecule has 0 N–H and O–H groups in total. The molecule has 8 nitrogen and oxygen atoms in total. The summed E-state index contributed by atoms with van der Waals surface area (Å²) in [5.41, 5.74) is 0. The lowest BCUT2D eigenvalue weighted by Crippen LogP contribution is -2.44. The van der Waals surface area contributed by atoms with Gasteiger partial charge in [0.25, 0.3) is 0 Å². The van der Waals surface area contributed by atoms with E-state index in [4.69, 9.17) is 22.4 Å². The van der Waals surface area contributed by atoms with Crippen molar-refractivity contribution in [2.45, 2.75) is 129 Å². The van der Waals surface area contributed by atoms with Crippen LogP contribution in [0.25, 0.3) is 0 Å². The normalized spacial score (nSPS) is 12.4. The van der Waals surface area contributed by atoms with Crippen LogP contribution >= 0.6 is 0 Å². The minimum absolute atomic E-state index is 0.147. The van der Waals surface area contributed by atoms with Gasteiger partial charge in [0.1, 0.15) is 6.54 Å². The van der Waals surface area contributed by atoms with E-state index in [9.17, 15) is 9.59 Å². The van der Waals surface area contributed by atoms with E-state index in [1.165, 1.54) is 70.6 Å². The van der Waals surface area contributed by atoms with Crippen LogP contribution in [0.4, 0.5) is 0 Å². The summed E-state index contributed by atoms with van der Waals surface area (Å²) in [6.45, 7) is 5.50. The highest BCUT2D eigenvalue weighted by Crippen LogP contribution is 2.13. The van der Waals surface area contributed by atoms with Crippen LogP contribution in [0.15, 0.2) is 0 Å². The fourth-order valence-corrected chi connectivity index (χ4v) is 3.89. The molecule has 0 aliphatic carbocycles. The number of carbonyl (C=O) groups is 2. The van der Waals surface area contributed by atoms with Gasteiger partial charge in [0.15, 0.2) is 6.10 Å².